The van der Waals surface area contributed by atoms with E-state index in [1.54, 1.807) is 19.5 Å². The number of hydrogen-bond donors (Lipinski definition) is 3. The van der Waals surface area contributed by atoms with Crippen LogP contribution in [0.15, 0.2) is 60.8 Å². The maximum absolute atomic E-state index is 12.8. The van der Waals surface area contributed by atoms with Gasteiger partial charge in [0.1, 0.15) is 18.6 Å². The first-order valence-corrected chi connectivity index (χ1v) is 14.9. The minimum atomic E-state index is -3.14. The quantitative estimate of drug-likeness (QED) is 0.252. The van der Waals surface area contributed by atoms with Crippen molar-refractivity contribution in [1.82, 2.24) is 15.0 Å². The Balaban J connectivity index is 1.61. The van der Waals surface area contributed by atoms with Gasteiger partial charge in [0.05, 0.1) is 17.2 Å². The van der Waals surface area contributed by atoms with Crippen LogP contribution in [0.25, 0.3) is 11.0 Å². The molecule has 178 valence electrons. The molecule has 11 heteroatoms. The summed E-state index contributed by atoms with van der Waals surface area (Å²) >= 11 is 0. The summed E-state index contributed by atoms with van der Waals surface area (Å²) in [6, 6.07) is 16.8. The predicted octanol–water partition coefficient (Wildman–Crippen LogP) is 5.68. The first-order chi connectivity index (χ1) is 16.2. The van der Waals surface area contributed by atoms with E-state index in [1.807, 2.05) is 54.6 Å². The average Bonchev–Trinajstić information content (AvgIpc) is 3.29. The second-order valence-corrected chi connectivity index (χ2v) is 13.5. The number of fused-ring (bicyclic) bond motifs is 1. The summed E-state index contributed by atoms with van der Waals surface area (Å²) in [4.78, 5) is 12.3. The first kappa shape index (κ1) is 24.2. The van der Waals surface area contributed by atoms with Crippen LogP contribution in [0, 0.1) is 0 Å². The smallest absolute Gasteiger partial charge is 0.334 e. The lowest BCUT2D eigenvalue weighted by Crippen LogP contribution is -2.10. The number of anilines is 4. The highest BCUT2D eigenvalue weighted by molar-refractivity contribution is 7.70. The topological polar surface area (TPSA) is 118 Å². The van der Waals surface area contributed by atoms with E-state index in [-0.39, 0.29) is 6.16 Å². The van der Waals surface area contributed by atoms with Crippen molar-refractivity contribution in [3.63, 3.8) is 0 Å². The van der Waals surface area contributed by atoms with Gasteiger partial charge in [0.15, 0.2) is 0 Å². The van der Waals surface area contributed by atoms with Crippen LogP contribution in [0.1, 0.15) is 5.56 Å². The Kier molecular flexibility index (Phi) is 6.91. The monoisotopic (exact) mass is 499 g/mol. The molecule has 2 aromatic carbocycles. The molecule has 3 N–H and O–H groups in total. The highest BCUT2D eigenvalue weighted by Gasteiger charge is 2.21. The van der Waals surface area contributed by atoms with Gasteiger partial charge in [0.25, 0.3) is 0 Å². The van der Waals surface area contributed by atoms with Gasteiger partial charge in [-0.15, -0.1) is 0 Å². The molecule has 2 heterocycles. The van der Waals surface area contributed by atoms with Gasteiger partial charge in [0, 0.05) is 31.4 Å². The average molecular weight is 499 g/mol. The number of benzene rings is 2. The van der Waals surface area contributed by atoms with Crippen molar-refractivity contribution < 1.29 is 18.2 Å². The Hall–Kier alpha value is -2.96. The van der Waals surface area contributed by atoms with Gasteiger partial charge >= 0.3 is 7.60 Å². The van der Waals surface area contributed by atoms with Crippen LogP contribution in [-0.4, -0.2) is 42.5 Å². The van der Waals surface area contributed by atoms with Gasteiger partial charge in [0.2, 0.25) is 5.95 Å². The molecule has 4 aromatic rings. The van der Waals surface area contributed by atoms with Gasteiger partial charge in [-0.05, 0) is 49.2 Å². The van der Waals surface area contributed by atoms with E-state index in [9.17, 15) is 9.13 Å². The number of nitrogens with zero attached hydrogens (tertiary/aromatic N) is 2. The van der Waals surface area contributed by atoms with Crippen LogP contribution >= 0.6 is 14.7 Å². The first-order valence-electron chi connectivity index (χ1n) is 10.5. The van der Waals surface area contributed by atoms with E-state index in [2.05, 4.69) is 25.6 Å². The molecular formula is C23H27N5O4P2. The zero-order valence-corrected chi connectivity index (χ0v) is 21.2. The predicted molar refractivity (Wildman–Crippen MR) is 138 cm³/mol. The largest absolute Gasteiger partial charge is 0.346 e. The van der Waals surface area contributed by atoms with Gasteiger partial charge < -0.3 is 29.2 Å². The molecule has 0 aliphatic carbocycles. The third-order valence-corrected chi connectivity index (χ3v) is 8.71. The summed E-state index contributed by atoms with van der Waals surface area (Å²) in [6.45, 7) is 3.49. The number of rotatable bonds is 9. The maximum Gasteiger partial charge on any atom is 0.334 e. The second kappa shape index (κ2) is 9.72. The van der Waals surface area contributed by atoms with Crippen molar-refractivity contribution in [2.75, 3.05) is 38.2 Å². The molecule has 0 spiro atoms. The van der Waals surface area contributed by atoms with Crippen molar-refractivity contribution in [3.05, 3.63) is 66.4 Å². The Labute approximate surface area is 198 Å². The zero-order valence-electron chi connectivity index (χ0n) is 19.4. The highest BCUT2D eigenvalue weighted by Crippen LogP contribution is 2.49. The fourth-order valence-corrected chi connectivity index (χ4v) is 5.74. The van der Waals surface area contributed by atoms with Crippen LogP contribution in [-0.2, 0) is 24.3 Å². The molecule has 0 unspecified atom stereocenters. The van der Waals surface area contributed by atoms with Crippen LogP contribution < -0.4 is 15.9 Å². The summed E-state index contributed by atoms with van der Waals surface area (Å²) in [7, 11) is -2.89. The molecule has 34 heavy (non-hydrogen) atoms. The number of hydrogen-bond acceptors (Lipinski definition) is 8. The van der Waals surface area contributed by atoms with E-state index in [1.165, 1.54) is 14.2 Å². The Morgan fingerprint density at radius 1 is 0.912 bits per heavy atom. The van der Waals surface area contributed by atoms with Gasteiger partial charge in [-0.1, -0.05) is 24.3 Å². The normalized spacial score (nSPS) is 12.1. The standard InChI is InChI=1S/C23H27N5O4P2/c1-31-34(30,32-2)15-16-9-11-17(12-10-16)25-23-27-21-18(13-14-24-21)22(28-23)26-19-7-5-6-8-20(19)33(3,4)29/h5-14H,15H2,1-4H3,(H3,24,25,26,27,28). The summed E-state index contributed by atoms with van der Waals surface area (Å²) in [5.41, 5.74) is 2.98. The number of aromatic nitrogens is 3. The van der Waals surface area contributed by atoms with Crippen LogP contribution in [0.2, 0.25) is 0 Å². The number of nitrogens with one attached hydrogen (secondary N) is 3. The van der Waals surface area contributed by atoms with Crippen molar-refractivity contribution in [2.45, 2.75) is 6.16 Å². The molecule has 0 atom stereocenters. The van der Waals surface area contributed by atoms with Crippen LogP contribution in [0.4, 0.5) is 23.1 Å². The molecule has 0 aliphatic heterocycles. The zero-order chi connectivity index (χ0) is 24.3. The molecule has 2 aromatic heterocycles. The summed E-state index contributed by atoms with van der Waals surface area (Å²) < 4.78 is 35.2. The Morgan fingerprint density at radius 2 is 1.62 bits per heavy atom. The summed E-state index contributed by atoms with van der Waals surface area (Å²) in [5, 5.41) is 8.12. The van der Waals surface area contributed by atoms with Gasteiger partial charge in [-0.3, -0.25) is 4.57 Å². The maximum atomic E-state index is 12.8. The van der Waals surface area contributed by atoms with Crippen molar-refractivity contribution in [1.29, 1.82) is 0 Å². The van der Waals surface area contributed by atoms with E-state index >= 15 is 0 Å². The number of aromatic amines is 1. The third kappa shape index (κ3) is 5.40. The molecule has 4 rings (SSSR count). The van der Waals surface area contributed by atoms with Gasteiger partial charge in [-0.2, -0.15) is 9.97 Å². The van der Waals surface area contributed by atoms with Gasteiger partial charge in [-0.25, -0.2) is 0 Å². The van der Waals surface area contributed by atoms with Crippen LogP contribution in [0.3, 0.4) is 0 Å². The fourth-order valence-electron chi connectivity index (χ4n) is 3.52. The molecule has 0 radical (unpaired) electrons. The third-order valence-electron chi connectivity index (χ3n) is 5.30. The van der Waals surface area contributed by atoms with E-state index < -0.39 is 14.7 Å². The number of para-hydroxylation sites is 1. The van der Waals surface area contributed by atoms with Crippen LogP contribution in [0.5, 0.6) is 0 Å². The molecule has 0 bridgehead atoms. The van der Waals surface area contributed by atoms with Crippen molar-refractivity contribution in [2.24, 2.45) is 0 Å². The fraction of sp³-hybridized carbons (Fsp3) is 0.217. The lowest BCUT2D eigenvalue weighted by atomic mass is 10.2. The van der Waals surface area contributed by atoms with E-state index in [0.29, 0.717) is 17.4 Å². The summed E-state index contributed by atoms with van der Waals surface area (Å²) in [6.07, 6.45) is 1.97. The van der Waals surface area contributed by atoms with Crippen molar-refractivity contribution in [3.8, 4) is 0 Å². The minimum Gasteiger partial charge on any atom is -0.346 e. The molecule has 0 fully saturated rings. The van der Waals surface area contributed by atoms with E-state index in [4.69, 9.17) is 9.05 Å². The second-order valence-electron chi connectivity index (χ2n) is 8.08. The van der Waals surface area contributed by atoms with E-state index in [0.717, 1.165) is 27.6 Å². The lowest BCUT2D eigenvalue weighted by molar-refractivity contribution is 0.275. The molecule has 0 saturated heterocycles. The Morgan fingerprint density at radius 3 is 2.29 bits per heavy atom. The molecule has 0 amide bonds. The SMILES string of the molecule is COP(=O)(Cc1ccc(Nc2nc(Nc3ccccc3P(C)(C)=O)c3cc[nH]c3n2)cc1)OC. The minimum absolute atomic E-state index is 0.178. The molecule has 0 saturated carbocycles. The molecule has 0 aliphatic rings. The number of H-pyrrole nitrogens is 1. The highest BCUT2D eigenvalue weighted by atomic mass is 31.2. The molecular weight excluding hydrogens is 472 g/mol. The summed E-state index contributed by atoms with van der Waals surface area (Å²) in [5.74, 6) is 0.978. The molecule has 9 nitrogen and oxygen atoms in total. The Bertz CT molecular complexity index is 1390. The van der Waals surface area contributed by atoms with Crippen molar-refractivity contribution >= 4 is 54.2 Å². The lowest BCUT2D eigenvalue weighted by Gasteiger charge is -2.16.